The van der Waals surface area contributed by atoms with Gasteiger partial charge >= 0.3 is 0 Å². The Bertz CT molecular complexity index is 1670. The summed E-state index contributed by atoms with van der Waals surface area (Å²) in [6.07, 6.45) is 5.17. The van der Waals surface area contributed by atoms with Crippen molar-refractivity contribution in [3.05, 3.63) is 87.3 Å². The lowest BCUT2D eigenvalue weighted by molar-refractivity contribution is -0.135. The number of aromatic nitrogens is 4. The standard InChI is InChI=1S/C27H24ClN7O4/c1-14(16-5-4-10-29-12-16)31-24-19(28)11-17(13-30-24)25(37)33-20-7-3-6-18-23(20)32-15(2)35(27(18)39)21-8-9-22(36)34-26(21)38/h3-7,10-14,21H,8-9H2,1-2H3,(H,30,31)(H,33,37)(H,34,36,38). The molecule has 198 valence electrons. The van der Waals surface area contributed by atoms with Crippen molar-refractivity contribution in [3.63, 3.8) is 0 Å². The quantitative estimate of drug-likeness (QED) is 0.311. The molecule has 5 rings (SSSR count). The van der Waals surface area contributed by atoms with E-state index in [0.29, 0.717) is 11.5 Å². The first kappa shape index (κ1) is 26.0. The minimum absolute atomic E-state index is 0.113. The lowest BCUT2D eigenvalue weighted by Crippen LogP contribution is -2.45. The third-order valence-electron chi connectivity index (χ3n) is 6.52. The van der Waals surface area contributed by atoms with E-state index >= 15 is 0 Å². The average molecular weight is 546 g/mol. The molecule has 3 amide bonds. The summed E-state index contributed by atoms with van der Waals surface area (Å²) in [7, 11) is 0. The fourth-order valence-electron chi connectivity index (χ4n) is 4.51. The van der Waals surface area contributed by atoms with Crippen molar-refractivity contribution in [1.29, 1.82) is 0 Å². The average Bonchev–Trinajstić information content (AvgIpc) is 2.92. The fourth-order valence-corrected chi connectivity index (χ4v) is 4.73. The number of hydrogen-bond acceptors (Lipinski definition) is 8. The molecule has 0 spiro atoms. The van der Waals surface area contributed by atoms with E-state index < -0.39 is 23.4 Å². The van der Waals surface area contributed by atoms with E-state index in [9.17, 15) is 19.2 Å². The maximum Gasteiger partial charge on any atom is 0.262 e. The maximum atomic E-state index is 13.4. The molecule has 4 aromatic rings. The number of carbonyl (C=O) groups excluding carboxylic acids is 3. The molecule has 0 saturated carbocycles. The van der Waals surface area contributed by atoms with Gasteiger partial charge in [-0.05, 0) is 50.1 Å². The molecule has 4 heterocycles. The summed E-state index contributed by atoms with van der Waals surface area (Å²) in [5.74, 6) is -0.702. The number of nitrogens with zero attached hydrogens (tertiary/aromatic N) is 4. The molecule has 1 aromatic carbocycles. The second kappa shape index (κ2) is 10.6. The van der Waals surface area contributed by atoms with Crippen molar-refractivity contribution >= 4 is 51.7 Å². The molecule has 1 saturated heterocycles. The molecule has 11 nitrogen and oxygen atoms in total. The number of imide groups is 1. The Morgan fingerprint density at radius 1 is 1.18 bits per heavy atom. The summed E-state index contributed by atoms with van der Waals surface area (Å²) >= 11 is 6.43. The number of anilines is 2. The van der Waals surface area contributed by atoms with Crippen LogP contribution in [0.25, 0.3) is 10.9 Å². The number of rotatable bonds is 6. The number of aryl methyl sites for hydroxylation is 1. The minimum atomic E-state index is -0.841. The summed E-state index contributed by atoms with van der Waals surface area (Å²) in [6.45, 7) is 3.55. The zero-order valence-corrected chi connectivity index (χ0v) is 21.8. The zero-order chi connectivity index (χ0) is 27.7. The molecular weight excluding hydrogens is 522 g/mol. The molecule has 12 heteroatoms. The van der Waals surface area contributed by atoms with E-state index in [1.165, 1.54) is 16.8 Å². The Morgan fingerprint density at radius 2 is 2.00 bits per heavy atom. The Balaban J connectivity index is 1.39. The summed E-state index contributed by atoms with van der Waals surface area (Å²) in [5.41, 5.74) is 1.32. The van der Waals surface area contributed by atoms with Crippen LogP contribution in [0.15, 0.2) is 59.8 Å². The van der Waals surface area contributed by atoms with Gasteiger partial charge in [-0.1, -0.05) is 23.7 Å². The topological polar surface area (TPSA) is 148 Å². The number of amides is 3. The number of carbonyl (C=O) groups is 3. The van der Waals surface area contributed by atoms with Gasteiger partial charge in [0.15, 0.2) is 0 Å². The first-order valence-corrected chi connectivity index (χ1v) is 12.6. The van der Waals surface area contributed by atoms with E-state index in [1.54, 1.807) is 37.5 Å². The maximum absolute atomic E-state index is 13.4. The van der Waals surface area contributed by atoms with Gasteiger partial charge in [-0.15, -0.1) is 0 Å². The molecular formula is C27H24ClN7O4. The van der Waals surface area contributed by atoms with Crippen molar-refractivity contribution in [2.75, 3.05) is 10.6 Å². The van der Waals surface area contributed by atoms with E-state index in [2.05, 4.69) is 30.9 Å². The number of halogens is 1. The van der Waals surface area contributed by atoms with Crippen LogP contribution in [0.2, 0.25) is 5.02 Å². The highest BCUT2D eigenvalue weighted by Crippen LogP contribution is 2.27. The van der Waals surface area contributed by atoms with Crippen LogP contribution in [0.4, 0.5) is 11.5 Å². The van der Waals surface area contributed by atoms with Crippen LogP contribution >= 0.6 is 11.6 Å². The number of piperidine rings is 1. The van der Waals surface area contributed by atoms with Gasteiger partial charge in [0, 0.05) is 25.0 Å². The van der Waals surface area contributed by atoms with Gasteiger partial charge in [0.2, 0.25) is 11.8 Å². The Morgan fingerprint density at radius 3 is 2.72 bits per heavy atom. The molecule has 39 heavy (non-hydrogen) atoms. The fraction of sp³-hybridized carbons (Fsp3) is 0.222. The van der Waals surface area contributed by atoms with E-state index in [4.69, 9.17) is 11.6 Å². The van der Waals surface area contributed by atoms with Crippen molar-refractivity contribution in [2.24, 2.45) is 0 Å². The Kier molecular flexibility index (Phi) is 7.07. The number of nitrogens with one attached hydrogen (secondary N) is 3. The van der Waals surface area contributed by atoms with E-state index in [1.807, 2.05) is 19.1 Å². The van der Waals surface area contributed by atoms with Crippen molar-refractivity contribution in [1.82, 2.24) is 24.8 Å². The highest BCUT2D eigenvalue weighted by Gasteiger charge is 2.30. The van der Waals surface area contributed by atoms with Crippen LogP contribution in [-0.2, 0) is 9.59 Å². The van der Waals surface area contributed by atoms with E-state index in [0.717, 1.165) is 5.56 Å². The predicted octanol–water partition coefficient (Wildman–Crippen LogP) is 3.55. The number of pyridine rings is 2. The lowest BCUT2D eigenvalue weighted by atomic mass is 10.1. The smallest absolute Gasteiger partial charge is 0.262 e. The molecule has 3 aromatic heterocycles. The van der Waals surface area contributed by atoms with Crippen molar-refractivity contribution in [3.8, 4) is 0 Å². The normalized spacial score (nSPS) is 16.0. The molecule has 0 bridgehead atoms. The van der Waals surface area contributed by atoms with Gasteiger partial charge in [0.25, 0.3) is 11.5 Å². The van der Waals surface area contributed by atoms with Crippen molar-refractivity contribution < 1.29 is 14.4 Å². The second-order valence-electron chi connectivity index (χ2n) is 9.16. The molecule has 1 aliphatic heterocycles. The molecule has 0 aliphatic carbocycles. The molecule has 1 aliphatic rings. The number of hydrogen-bond donors (Lipinski definition) is 3. The van der Waals surface area contributed by atoms with Gasteiger partial charge < -0.3 is 10.6 Å². The minimum Gasteiger partial charge on any atom is -0.362 e. The summed E-state index contributed by atoms with van der Waals surface area (Å²) in [5, 5.41) is 8.74. The first-order valence-electron chi connectivity index (χ1n) is 12.2. The highest BCUT2D eigenvalue weighted by atomic mass is 35.5. The Labute approximate surface area is 227 Å². The van der Waals surface area contributed by atoms with Crippen LogP contribution in [0, 0.1) is 6.92 Å². The van der Waals surface area contributed by atoms with Gasteiger partial charge in [0.05, 0.1) is 27.7 Å². The number of para-hydroxylation sites is 1. The van der Waals surface area contributed by atoms with Crippen LogP contribution in [0.3, 0.4) is 0 Å². The van der Waals surface area contributed by atoms with Gasteiger partial charge in [-0.2, -0.15) is 0 Å². The number of benzene rings is 1. The number of fused-ring (bicyclic) bond motifs is 1. The SMILES string of the molecule is Cc1nc2c(NC(=O)c3cnc(NC(C)c4cccnc4)c(Cl)c3)cccc2c(=O)n1C1CCC(=O)NC1=O. The van der Waals surface area contributed by atoms with Crippen LogP contribution in [0.5, 0.6) is 0 Å². The summed E-state index contributed by atoms with van der Waals surface area (Å²) in [6, 6.07) is 9.13. The summed E-state index contributed by atoms with van der Waals surface area (Å²) in [4.78, 5) is 63.4. The van der Waals surface area contributed by atoms with Crippen LogP contribution in [-0.4, -0.2) is 37.2 Å². The van der Waals surface area contributed by atoms with Crippen LogP contribution < -0.4 is 21.5 Å². The zero-order valence-electron chi connectivity index (χ0n) is 21.1. The molecule has 2 unspecified atom stereocenters. The monoisotopic (exact) mass is 545 g/mol. The highest BCUT2D eigenvalue weighted by molar-refractivity contribution is 6.33. The molecule has 1 fully saturated rings. The first-order chi connectivity index (χ1) is 18.7. The summed E-state index contributed by atoms with van der Waals surface area (Å²) < 4.78 is 1.29. The van der Waals surface area contributed by atoms with Gasteiger partial charge in [-0.25, -0.2) is 9.97 Å². The van der Waals surface area contributed by atoms with Gasteiger partial charge in [-0.3, -0.25) is 34.0 Å². The molecule has 2 atom stereocenters. The van der Waals surface area contributed by atoms with Gasteiger partial charge in [0.1, 0.15) is 23.2 Å². The third-order valence-corrected chi connectivity index (χ3v) is 6.81. The third kappa shape index (κ3) is 5.21. The molecule has 0 radical (unpaired) electrons. The van der Waals surface area contributed by atoms with E-state index in [-0.39, 0.29) is 52.1 Å². The predicted molar refractivity (Wildman–Crippen MR) is 146 cm³/mol. The lowest BCUT2D eigenvalue weighted by Gasteiger charge is -2.24. The molecule has 3 N–H and O–H groups in total. The van der Waals surface area contributed by atoms with Crippen LogP contribution in [0.1, 0.15) is 53.6 Å². The largest absolute Gasteiger partial charge is 0.362 e. The second-order valence-corrected chi connectivity index (χ2v) is 9.57. The van der Waals surface area contributed by atoms with Crippen molar-refractivity contribution in [2.45, 2.75) is 38.8 Å². The Hall–Kier alpha value is -4.64.